The van der Waals surface area contributed by atoms with Gasteiger partial charge in [-0.2, -0.15) is 10.3 Å². The topological polar surface area (TPSA) is 53.2 Å². The lowest BCUT2D eigenvalue weighted by atomic mass is 9.86. The van der Waals surface area contributed by atoms with Crippen molar-refractivity contribution in [3.63, 3.8) is 0 Å². The van der Waals surface area contributed by atoms with Gasteiger partial charge in [0.05, 0.1) is 6.07 Å². The monoisotopic (exact) mass is 152 g/mol. The van der Waals surface area contributed by atoms with Gasteiger partial charge >= 0.3 is 0 Å². The van der Waals surface area contributed by atoms with Crippen LogP contribution in [0.3, 0.4) is 0 Å². The molecule has 0 fully saturated rings. The maximum Gasteiger partial charge on any atom is 0.236 e. The lowest BCUT2D eigenvalue weighted by molar-refractivity contribution is 0.384. The Morgan fingerprint density at radius 1 is 1.64 bits per heavy atom. The zero-order valence-corrected chi connectivity index (χ0v) is 7.09. The van der Waals surface area contributed by atoms with Crippen LogP contribution in [0.2, 0.25) is 0 Å². The summed E-state index contributed by atoms with van der Waals surface area (Å²) in [4.78, 5) is 13.5. The Kier molecular flexibility index (Phi) is 3.50. The first-order chi connectivity index (χ1) is 5.13. The first kappa shape index (κ1) is 9.87. The number of hydrogen-bond acceptors (Lipinski definition) is 3. The highest BCUT2D eigenvalue weighted by molar-refractivity contribution is 5.37. The van der Waals surface area contributed by atoms with Crippen molar-refractivity contribution in [2.45, 2.75) is 32.7 Å². The van der Waals surface area contributed by atoms with E-state index in [-0.39, 0.29) is 5.92 Å². The van der Waals surface area contributed by atoms with E-state index in [1.54, 1.807) is 0 Å². The van der Waals surface area contributed by atoms with Gasteiger partial charge in [0.2, 0.25) is 6.08 Å². The molecule has 0 N–H and O–H groups in total. The molecule has 1 unspecified atom stereocenters. The predicted octanol–water partition coefficient (Wildman–Crippen LogP) is 1.65. The number of carbonyl (C=O) groups excluding carboxylic acids is 1. The number of hydrogen-bond donors (Lipinski definition) is 0. The fourth-order valence-electron chi connectivity index (χ4n) is 0.931. The van der Waals surface area contributed by atoms with Crippen LogP contribution >= 0.6 is 0 Å². The minimum absolute atomic E-state index is 0.0546. The smallest absolute Gasteiger partial charge is 0.211 e. The third-order valence-electron chi connectivity index (χ3n) is 1.93. The van der Waals surface area contributed by atoms with E-state index in [0.29, 0.717) is 6.42 Å². The van der Waals surface area contributed by atoms with Crippen LogP contribution in [0.4, 0.5) is 0 Å². The van der Waals surface area contributed by atoms with Gasteiger partial charge < -0.3 is 0 Å². The van der Waals surface area contributed by atoms with Crippen LogP contribution < -0.4 is 0 Å². The standard InChI is InChI=1S/C8H12N2O/c1-4-8(5-9,7(2)3)10-6-11/h7H,4H2,1-3H3. The molecule has 11 heavy (non-hydrogen) atoms. The second-order valence-electron chi connectivity index (χ2n) is 2.75. The molecule has 0 saturated heterocycles. The van der Waals surface area contributed by atoms with Crippen molar-refractivity contribution in [1.82, 2.24) is 0 Å². The third kappa shape index (κ3) is 1.89. The van der Waals surface area contributed by atoms with Crippen LogP contribution in [0.25, 0.3) is 0 Å². The van der Waals surface area contributed by atoms with Gasteiger partial charge in [-0.3, -0.25) is 0 Å². The number of aliphatic imine (C=N–C) groups is 1. The average Bonchev–Trinajstić information content (AvgIpc) is 2.00. The Hall–Kier alpha value is -1.13. The first-order valence-electron chi connectivity index (χ1n) is 3.63. The van der Waals surface area contributed by atoms with Crippen molar-refractivity contribution in [3.8, 4) is 6.07 Å². The molecule has 0 aliphatic carbocycles. The lowest BCUT2D eigenvalue weighted by Crippen LogP contribution is -2.29. The highest BCUT2D eigenvalue weighted by atomic mass is 16.1. The van der Waals surface area contributed by atoms with E-state index in [9.17, 15) is 4.79 Å². The highest BCUT2D eigenvalue weighted by Crippen LogP contribution is 2.24. The molecule has 3 nitrogen and oxygen atoms in total. The molecule has 0 aromatic rings. The summed E-state index contributed by atoms with van der Waals surface area (Å²) in [5, 5.41) is 8.76. The van der Waals surface area contributed by atoms with Gasteiger partial charge in [-0.25, -0.2) is 4.79 Å². The molecule has 0 aromatic carbocycles. The van der Waals surface area contributed by atoms with Crippen LogP contribution in [0.1, 0.15) is 27.2 Å². The zero-order valence-electron chi connectivity index (χ0n) is 7.09. The van der Waals surface area contributed by atoms with Gasteiger partial charge in [0.25, 0.3) is 0 Å². The number of rotatable bonds is 3. The molecule has 0 amide bonds. The lowest BCUT2D eigenvalue weighted by Gasteiger charge is -2.21. The van der Waals surface area contributed by atoms with Gasteiger partial charge in [0, 0.05) is 0 Å². The Bertz CT molecular complexity index is 211. The van der Waals surface area contributed by atoms with E-state index in [1.807, 2.05) is 26.8 Å². The zero-order chi connectivity index (χ0) is 8.91. The molecule has 0 aromatic heterocycles. The van der Waals surface area contributed by atoms with Crippen molar-refractivity contribution in [2.24, 2.45) is 10.9 Å². The summed E-state index contributed by atoms with van der Waals surface area (Å²) in [6, 6.07) is 2.04. The highest BCUT2D eigenvalue weighted by Gasteiger charge is 2.31. The molecule has 0 aliphatic heterocycles. The van der Waals surface area contributed by atoms with Crippen LogP contribution in [-0.2, 0) is 4.79 Å². The van der Waals surface area contributed by atoms with Crippen LogP contribution in [0.5, 0.6) is 0 Å². The molecule has 3 heteroatoms. The summed E-state index contributed by atoms with van der Waals surface area (Å²) >= 11 is 0. The molecule has 0 aliphatic rings. The fourth-order valence-corrected chi connectivity index (χ4v) is 0.931. The summed E-state index contributed by atoms with van der Waals surface area (Å²) < 4.78 is 0. The van der Waals surface area contributed by atoms with E-state index in [1.165, 1.54) is 6.08 Å². The van der Waals surface area contributed by atoms with Gasteiger partial charge in [-0.15, -0.1) is 0 Å². The van der Waals surface area contributed by atoms with Gasteiger partial charge in [-0.1, -0.05) is 20.8 Å². The molecular weight excluding hydrogens is 140 g/mol. The van der Waals surface area contributed by atoms with Crippen LogP contribution in [-0.4, -0.2) is 11.6 Å². The van der Waals surface area contributed by atoms with Gasteiger partial charge in [0.15, 0.2) is 5.54 Å². The van der Waals surface area contributed by atoms with Gasteiger partial charge in [0.1, 0.15) is 0 Å². The van der Waals surface area contributed by atoms with Crippen molar-refractivity contribution >= 4 is 6.08 Å². The van der Waals surface area contributed by atoms with Gasteiger partial charge in [-0.05, 0) is 12.3 Å². The SMILES string of the molecule is CCC(C#N)(N=C=O)C(C)C. The molecule has 0 heterocycles. The second kappa shape index (κ2) is 3.90. The average molecular weight is 152 g/mol. The Morgan fingerprint density at radius 3 is 2.27 bits per heavy atom. The van der Waals surface area contributed by atoms with Crippen molar-refractivity contribution in [1.29, 1.82) is 5.26 Å². The van der Waals surface area contributed by atoms with Crippen molar-refractivity contribution in [2.75, 3.05) is 0 Å². The minimum atomic E-state index is -0.859. The Balaban J connectivity index is 4.79. The fraction of sp³-hybridized carbons (Fsp3) is 0.750. The molecule has 60 valence electrons. The van der Waals surface area contributed by atoms with E-state index in [0.717, 1.165) is 0 Å². The van der Waals surface area contributed by atoms with E-state index < -0.39 is 5.54 Å². The number of nitrogens with zero attached hydrogens (tertiary/aromatic N) is 2. The van der Waals surface area contributed by atoms with Crippen LogP contribution in [0.15, 0.2) is 4.99 Å². The van der Waals surface area contributed by atoms with E-state index in [4.69, 9.17) is 5.26 Å². The molecule has 0 rings (SSSR count). The Morgan fingerprint density at radius 2 is 2.18 bits per heavy atom. The number of nitriles is 1. The number of isocyanates is 1. The van der Waals surface area contributed by atoms with E-state index in [2.05, 4.69) is 4.99 Å². The third-order valence-corrected chi connectivity index (χ3v) is 1.93. The maximum absolute atomic E-state index is 10.00. The largest absolute Gasteiger partial charge is 0.236 e. The molecule has 0 bridgehead atoms. The molecule has 1 atom stereocenters. The molecule has 0 radical (unpaired) electrons. The normalized spacial score (nSPS) is 14.8. The summed E-state index contributed by atoms with van der Waals surface area (Å²) in [5.74, 6) is 0.0546. The summed E-state index contributed by atoms with van der Waals surface area (Å²) in [5.41, 5.74) is -0.859. The molecule has 0 spiro atoms. The minimum Gasteiger partial charge on any atom is -0.211 e. The van der Waals surface area contributed by atoms with Crippen LogP contribution in [0, 0.1) is 17.2 Å². The summed E-state index contributed by atoms with van der Waals surface area (Å²) in [6.45, 7) is 5.57. The second-order valence-corrected chi connectivity index (χ2v) is 2.75. The predicted molar refractivity (Wildman–Crippen MR) is 41.6 cm³/mol. The molecular formula is C8H12N2O. The van der Waals surface area contributed by atoms with Crippen molar-refractivity contribution < 1.29 is 4.79 Å². The maximum atomic E-state index is 10.00. The van der Waals surface area contributed by atoms with E-state index >= 15 is 0 Å². The summed E-state index contributed by atoms with van der Waals surface area (Å²) in [6.07, 6.45) is 2.00. The molecule has 0 saturated carbocycles. The Labute approximate surface area is 66.7 Å². The quantitative estimate of drug-likeness (QED) is 0.456. The summed E-state index contributed by atoms with van der Waals surface area (Å²) in [7, 11) is 0. The van der Waals surface area contributed by atoms with Crippen molar-refractivity contribution in [3.05, 3.63) is 0 Å². The first-order valence-corrected chi connectivity index (χ1v) is 3.63.